The number of carbonyl (C=O) groups excluding carboxylic acids is 2. The third-order valence-corrected chi connectivity index (χ3v) is 11.9. The molecule has 10 nitrogen and oxygen atoms in total. The molecule has 2 fully saturated rings. The molecular weight excluding hydrogens is 691 g/mol. The fourth-order valence-corrected chi connectivity index (χ4v) is 9.06. The first-order chi connectivity index (χ1) is 22.4. The second-order valence-corrected chi connectivity index (χ2v) is 16.7. The van der Waals surface area contributed by atoms with Crippen LogP contribution in [-0.4, -0.2) is 83.8 Å². The van der Waals surface area contributed by atoms with Crippen molar-refractivity contribution in [1.29, 1.82) is 0 Å². The van der Waals surface area contributed by atoms with Crippen LogP contribution in [0.4, 0.5) is 23.9 Å². The second-order valence-electron chi connectivity index (χ2n) is 12.9. The van der Waals surface area contributed by atoms with E-state index in [4.69, 9.17) is 21.3 Å². The molecule has 260 valence electrons. The van der Waals surface area contributed by atoms with Crippen molar-refractivity contribution in [1.82, 2.24) is 19.2 Å². The summed E-state index contributed by atoms with van der Waals surface area (Å²) in [7, 11) is -2.24. The van der Waals surface area contributed by atoms with E-state index >= 15 is 0 Å². The molecule has 4 heterocycles. The van der Waals surface area contributed by atoms with Crippen LogP contribution in [0.15, 0.2) is 46.7 Å². The van der Waals surface area contributed by atoms with E-state index in [1.54, 1.807) is 33.9 Å². The molecule has 0 spiro atoms. The molecule has 48 heavy (non-hydrogen) atoms. The lowest BCUT2D eigenvalue weighted by atomic mass is 10.0. The van der Waals surface area contributed by atoms with Crippen molar-refractivity contribution in [2.45, 2.75) is 80.9 Å². The van der Waals surface area contributed by atoms with Gasteiger partial charge in [-0.15, -0.1) is 11.3 Å². The van der Waals surface area contributed by atoms with Gasteiger partial charge in [-0.3, -0.25) is 4.79 Å². The number of thiophene rings is 1. The molecule has 2 saturated heterocycles. The number of anilines is 1. The largest absolute Gasteiger partial charge is 0.444 e. The predicted octanol–water partition coefficient (Wildman–Crippen LogP) is 6.68. The Balaban J connectivity index is 1.37. The van der Waals surface area contributed by atoms with Gasteiger partial charge in [0, 0.05) is 44.4 Å². The van der Waals surface area contributed by atoms with E-state index in [2.05, 4.69) is 4.98 Å². The highest BCUT2D eigenvalue weighted by Crippen LogP contribution is 2.34. The van der Waals surface area contributed by atoms with Gasteiger partial charge in [-0.05, 0) is 76.8 Å². The minimum atomic E-state index is -4.50. The molecule has 0 bridgehead atoms. The molecule has 5 rings (SSSR count). The van der Waals surface area contributed by atoms with Crippen molar-refractivity contribution in [3.05, 3.63) is 58.1 Å². The third-order valence-electron chi connectivity index (χ3n) is 8.27. The maximum atomic E-state index is 13.5. The van der Waals surface area contributed by atoms with Crippen LogP contribution in [0.25, 0.3) is 11.3 Å². The number of benzene rings is 1. The number of halogens is 4. The fourth-order valence-electron chi connectivity index (χ4n) is 5.77. The van der Waals surface area contributed by atoms with E-state index in [0.717, 1.165) is 23.5 Å². The molecule has 2 aromatic heterocycles. The number of carbonyl (C=O) groups is 2. The highest BCUT2D eigenvalue weighted by atomic mass is 35.5. The summed E-state index contributed by atoms with van der Waals surface area (Å²) in [6.45, 7) is 6.48. The SMILES string of the molecule is CN(C(=O)OC(C)(C)C)C1CCN(c2nc(CCC(=O)[C@@H]3CCCN3S(=O)(=O)c3ccc(Cl)s3)cc(-c3ccc(C(F)(F)F)cc3)n2)C1. The van der Waals surface area contributed by atoms with E-state index in [0.29, 0.717) is 59.6 Å². The summed E-state index contributed by atoms with van der Waals surface area (Å²) in [6.07, 6.45) is -3.26. The zero-order valence-corrected chi connectivity index (χ0v) is 29.3. The summed E-state index contributed by atoms with van der Waals surface area (Å²) < 4.78 is 73.5. The predicted molar refractivity (Wildman–Crippen MR) is 177 cm³/mol. The number of alkyl halides is 3. The summed E-state index contributed by atoms with van der Waals surface area (Å²) in [5.41, 5.74) is -0.167. The van der Waals surface area contributed by atoms with Gasteiger partial charge < -0.3 is 14.5 Å². The molecule has 3 aromatic rings. The topological polar surface area (TPSA) is 113 Å². The standard InChI is InChI=1S/C32H37ClF3N5O5S2/c1-31(2,3)46-30(43)39(4)23-15-17-40(19-23)29-37-22(18-24(38-29)20-7-9-21(10-8-20)32(34,35)36)11-12-26(42)25-6-5-16-41(25)48(44,45)28-14-13-27(33)47-28/h7-10,13-14,18,23,25H,5-6,11-12,15-17,19H2,1-4H3/t23?,25-/m0/s1. The zero-order valence-electron chi connectivity index (χ0n) is 27.0. The molecule has 1 unspecified atom stereocenters. The number of hydrogen-bond donors (Lipinski definition) is 0. The molecular formula is C32H37ClF3N5O5S2. The van der Waals surface area contributed by atoms with Crippen molar-refractivity contribution in [2.75, 3.05) is 31.6 Å². The number of nitrogens with zero attached hydrogens (tertiary/aromatic N) is 5. The Kier molecular flexibility index (Phi) is 10.4. The number of aryl methyl sites for hydroxylation is 1. The van der Waals surface area contributed by atoms with E-state index in [-0.39, 0.29) is 35.4 Å². The van der Waals surface area contributed by atoms with Gasteiger partial charge in [0.05, 0.1) is 27.7 Å². The maximum Gasteiger partial charge on any atom is 0.416 e. The number of sulfonamides is 1. The number of ether oxygens (including phenoxy) is 1. The van der Waals surface area contributed by atoms with Crippen LogP contribution in [0.1, 0.15) is 57.7 Å². The van der Waals surface area contributed by atoms with Gasteiger partial charge in [0.25, 0.3) is 10.0 Å². The lowest BCUT2D eigenvalue weighted by molar-refractivity contribution is -0.137. The van der Waals surface area contributed by atoms with Crippen LogP contribution < -0.4 is 4.90 Å². The Morgan fingerprint density at radius 1 is 1.06 bits per heavy atom. The average molecular weight is 728 g/mol. The van der Waals surface area contributed by atoms with Crippen molar-refractivity contribution in [3.63, 3.8) is 0 Å². The first kappa shape index (κ1) is 36.0. The molecule has 2 aliphatic rings. The lowest BCUT2D eigenvalue weighted by Crippen LogP contribution is -2.42. The van der Waals surface area contributed by atoms with E-state index in [1.807, 2.05) is 4.90 Å². The summed E-state index contributed by atoms with van der Waals surface area (Å²) in [5, 5.41) is 0. The Morgan fingerprint density at radius 3 is 2.40 bits per heavy atom. The summed E-state index contributed by atoms with van der Waals surface area (Å²) in [6, 6.07) is 8.20. The van der Waals surface area contributed by atoms with Crippen LogP contribution >= 0.6 is 22.9 Å². The van der Waals surface area contributed by atoms with Gasteiger partial charge >= 0.3 is 12.3 Å². The van der Waals surface area contributed by atoms with Crippen LogP contribution in [0.3, 0.4) is 0 Å². The average Bonchev–Trinajstić information content (AvgIpc) is 3.80. The first-order valence-electron chi connectivity index (χ1n) is 15.5. The molecule has 0 N–H and O–H groups in total. The Labute approximate surface area is 286 Å². The summed E-state index contributed by atoms with van der Waals surface area (Å²) >= 11 is 6.91. The van der Waals surface area contributed by atoms with Crippen molar-refractivity contribution >= 4 is 50.8 Å². The number of hydrogen-bond acceptors (Lipinski definition) is 9. The van der Waals surface area contributed by atoms with Crippen LogP contribution in [0.5, 0.6) is 0 Å². The second kappa shape index (κ2) is 13.9. The highest BCUT2D eigenvalue weighted by molar-refractivity contribution is 7.91. The Morgan fingerprint density at radius 2 is 1.77 bits per heavy atom. The Bertz CT molecular complexity index is 1760. The zero-order chi connectivity index (χ0) is 35.0. The van der Waals surface area contributed by atoms with E-state index in [1.165, 1.54) is 33.5 Å². The van der Waals surface area contributed by atoms with Gasteiger partial charge in [-0.25, -0.2) is 23.2 Å². The van der Waals surface area contributed by atoms with Crippen LogP contribution in [0, 0.1) is 0 Å². The number of amides is 1. The number of rotatable bonds is 9. The smallest absolute Gasteiger partial charge is 0.416 e. The summed E-state index contributed by atoms with van der Waals surface area (Å²) in [4.78, 5) is 39.0. The van der Waals surface area contributed by atoms with E-state index in [9.17, 15) is 31.2 Å². The van der Waals surface area contributed by atoms with E-state index < -0.39 is 39.5 Å². The molecule has 0 radical (unpaired) electrons. The van der Waals surface area contributed by atoms with Crippen molar-refractivity contribution in [3.8, 4) is 11.3 Å². The molecule has 1 aromatic carbocycles. The maximum absolute atomic E-state index is 13.5. The highest BCUT2D eigenvalue weighted by Gasteiger charge is 2.40. The minimum Gasteiger partial charge on any atom is -0.444 e. The van der Waals surface area contributed by atoms with Gasteiger partial charge in [0.15, 0.2) is 5.78 Å². The Hall–Kier alpha value is -3.27. The minimum absolute atomic E-state index is 0.00516. The third kappa shape index (κ3) is 8.29. The summed E-state index contributed by atoms with van der Waals surface area (Å²) in [5.74, 6) is 0.0600. The number of likely N-dealkylation sites (N-methyl/N-ethyl adjacent to an activating group) is 1. The molecule has 1 amide bonds. The molecule has 0 saturated carbocycles. The molecule has 2 atom stereocenters. The van der Waals surface area contributed by atoms with Crippen LogP contribution in [0.2, 0.25) is 4.34 Å². The number of aromatic nitrogens is 2. The van der Waals surface area contributed by atoms with Crippen LogP contribution in [-0.2, 0) is 32.2 Å². The van der Waals surface area contributed by atoms with Gasteiger partial charge in [-0.1, -0.05) is 23.7 Å². The molecule has 16 heteroatoms. The fraction of sp³-hybridized carbons (Fsp3) is 0.500. The first-order valence-corrected chi connectivity index (χ1v) is 18.1. The monoisotopic (exact) mass is 727 g/mol. The molecule has 0 aliphatic carbocycles. The lowest BCUT2D eigenvalue weighted by Gasteiger charge is -2.28. The van der Waals surface area contributed by atoms with Gasteiger partial charge in [0.1, 0.15) is 9.81 Å². The van der Waals surface area contributed by atoms with Gasteiger partial charge in [-0.2, -0.15) is 17.5 Å². The van der Waals surface area contributed by atoms with Crippen molar-refractivity contribution < 1.29 is 35.9 Å². The number of Topliss-reactive ketones (excluding diaryl/α,β-unsaturated/α-hetero) is 1. The number of ketones is 1. The van der Waals surface area contributed by atoms with Gasteiger partial charge in [0.2, 0.25) is 5.95 Å². The molecule has 2 aliphatic heterocycles. The quantitative estimate of drug-likeness (QED) is 0.240. The van der Waals surface area contributed by atoms with Crippen molar-refractivity contribution in [2.24, 2.45) is 0 Å². The normalized spacial score (nSPS) is 19.1.